The number of nitrogens with zero attached hydrogens (tertiary/aromatic N) is 5. The Morgan fingerprint density at radius 3 is 2.28 bits per heavy atom. The van der Waals surface area contributed by atoms with E-state index in [1.54, 1.807) is 13.1 Å². The molecule has 0 radical (unpaired) electrons. The van der Waals surface area contributed by atoms with E-state index in [2.05, 4.69) is 126 Å². The van der Waals surface area contributed by atoms with Gasteiger partial charge in [0.25, 0.3) is 0 Å². The maximum absolute atomic E-state index is 11.6. The molecule has 0 fully saturated rings. The number of allylic oxidation sites excluding steroid dienone is 6. The van der Waals surface area contributed by atoms with Gasteiger partial charge in [-0.05, 0) is 85.6 Å². The van der Waals surface area contributed by atoms with Gasteiger partial charge < -0.3 is 14.4 Å². The Kier molecular flexibility index (Phi) is 12.9. The first-order valence-corrected chi connectivity index (χ1v) is 18.8. The molecule has 5 aromatic rings. The molecule has 53 heavy (non-hydrogen) atoms. The Hall–Kier alpha value is -5.47. The summed E-state index contributed by atoms with van der Waals surface area (Å²) in [4.78, 5) is 13.9. The average molecular weight is 710 g/mol. The summed E-state index contributed by atoms with van der Waals surface area (Å²) in [5, 5.41) is 18.6. The highest BCUT2D eigenvalue weighted by atomic mass is 16.5. The summed E-state index contributed by atoms with van der Waals surface area (Å²) in [6.07, 6.45) is 13.9. The molecular formula is C45H51N5O3. The van der Waals surface area contributed by atoms with Crippen molar-refractivity contribution in [3.05, 3.63) is 159 Å². The minimum absolute atomic E-state index is 0.163. The fraction of sp³-hybridized carbons (Fsp3) is 0.311. The van der Waals surface area contributed by atoms with Crippen molar-refractivity contribution in [3.8, 4) is 17.0 Å². The van der Waals surface area contributed by atoms with Crippen LogP contribution in [0.5, 0.6) is 5.75 Å². The summed E-state index contributed by atoms with van der Waals surface area (Å²) in [6.45, 7) is 7.89. The van der Waals surface area contributed by atoms with Crippen molar-refractivity contribution in [1.82, 2.24) is 24.5 Å². The van der Waals surface area contributed by atoms with Gasteiger partial charge in [0.15, 0.2) is 5.75 Å². The molecule has 8 nitrogen and oxygen atoms in total. The summed E-state index contributed by atoms with van der Waals surface area (Å²) >= 11 is 0. The molecule has 274 valence electrons. The van der Waals surface area contributed by atoms with Crippen molar-refractivity contribution in [2.24, 2.45) is 0 Å². The highest BCUT2D eigenvalue weighted by molar-refractivity contribution is 5.98. The molecule has 0 saturated heterocycles. The molecule has 1 aliphatic rings. The van der Waals surface area contributed by atoms with E-state index in [9.17, 15) is 9.90 Å². The van der Waals surface area contributed by atoms with E-state index >= 15 is 0 Å². The van der Waals surface area contributed by atoms with E-state index in [-0.39, 0.29) is 11.2 Å². The number of unbranched alkanes of at least 4 members (excludes halogenated alkanes) is 2. The molecule has 0 bridgehead atoms. The van der Waals surface area contributed by atoms with Crippen LogP contribution in [0.4, 0.5) is 0 Å². The van der Waals surface area contributed by atoms with Crippen molar-refractivity contribution in [2.75, 3.05) is 20.2 Å². The van der Waals surface area contributed by atoms with Gasteiger partial charge in [-0.2, -0.15) is 0 Å². The summed E-state index contributed by atoms with van der Waals surface area (Å²) < 4.78 is 10.1. The number of hydrogen-bond donors (Lipinski definition) is 1. The maximum Gasteiger partial charge on any atom is 0.223 e. The van der Waals surface area contributed by atoms with E-state index in [1.165, 1.54) is 39.5 Å². The van der Waals surface area contributed by atoms with Gasteiger partial charge in [-0.1, -0.05) is 103 Å². The molecule has 0 atom stereocenters. The number of ether oxygens (including phenoxy) is 1. The Morgan fingerprint density at radius 2 is 1.58 bits per heavy atom. The normalized spacial score (nSPS) is 13.4. The SMILES string of the molecule is CC/C(=C(/C1=CC=C(OCCN(C)Cc2ccc(-c3cn(CCCCCn4ccc(=O)c(O)c4C)nn3)cc2)CC1)c1ccccc1)c1ccccc1. The second-order valence-electron chi connectivity index (χ2n) is 13.8. The largest absolute Gasteiger partial charge is 0.503 e. The van der Waals surface area contributed by atoms with Gasteiger partial charge in [0.1, 0.15) is 12.3 Å². The van der Waals surface area contributed by atoms with Crippen molar-refractivity contribution in [1.29, 1.82) is 0 Å². The Morgan fingerprint density at radius 1 is 0.868 bits per heavy atom. The summed E-state index contributed by atoms with van der Waals surface area (Å²) in [5.74, 6) is 0.885. The Labute approximate surface area is 313 Å². The van der Waals surface area contributed by atoms with Crippen molar-refractivity contribution in [2.45, 2.75) is 72.0 Å². The van der Waals surface area contributed by atoms with Gasteiger partial charge in [0.2, 0.25) is 5.43 Å². The monoisotopic (exact) mass is 709 g/mol. The first kappa shape index (κ1) is 37.3. The number of likely N-dealkylation sites (N-methyl/N-ethyl adjacent to an activating group) is 1. The highest BCUT2D eigenvalue weighted by Crippen LogP contribution is 2.38. The van der Waals surface area contributed by atoms with Crippen molar-refractivity contribution in [3.63, 3.8) is 0 Å². The Bertz CT molecular complexity index is 2090. The Balaban J connectivity index is 0.956. The quantitative estimate of drug-likeness (QED) is 0.0766. The molecule has 0 amide bonds. The predicted molar refractivity (Wildman–Crippen MR) is 214 cm³/mol. The number of rotatable bonds is 17. The van der Waals surface area contributed by atoms with E-state index < -0.39 is 0 Å². The molecule has 3 aromatic carbocycles. The van der Waals surface area contributed by atoms with Crippen LogP contribution < -0.4 is 5.43 Å². The zero-order chi connectivity index (χ0) is 37.0. The lowest BCUT2D eigenvalue weighted by Gasteiger charge is -2.23. The van der Waals surface area contributed by atoms with Gasteiger partial charge >= 0.3 is 0 Å². The predicted octanol–water partition coefficient (Wildman–Crippen LogP) is 9.06. The lowest BCUT2D eigenvalue weighted by atomic mass is 9.84. The zero-order valence-electron chi connectivity index (χ0n) is 31.2. The molecular weight excluding hydrogens is 659 g/mol. The van der Waals surface area contributed by atoms with E-state index in [0.717, 1.165) is 81.7 Å². The fourth-order valence-electron chi connectivity index (χ4n) is 6.95. The molecule has 0 spiro atoms. The number of aromatic nitrogens is 4. The van der Waals surface area contributed by atoms with Gasteiger partial charge in [-0.3, -0.25) is 14.4 Å². The molecule has 2 aromatic heterocycles. The molecule has 1 N–H and O–H groups in total. The molecule has 1 aliphatic carbocycles. The van der Waals surface area contributed by atoms with Crippen LogP contribution >= 0.6 is 0 Å². The van der Waals surface area contributed by atoms with Gasteiger partial charge in [0, 0.05) is 50.4 Å². The number of hydrogen-bond acceptors (Lipinski definition) is 6. The van der Waals surface area contributed by atoms with Crippen LogP contribution in [-0.2, 0) is 24.4 Å². The topological polar surface area (TPSA) is 85.4 Å². The second kappa shape index (κ2) is 18.3. The molecule has 0 saturated carbocycles. The maximum atomic E-state index is 11.6. The number of benzene rings is 3. The van der Waals surface area contributed by atoms with Crippen LogP contribution in [0, 0.1) is 6.92 Å². The minimum Gasteiger partial charge on any atom is -0.503 e. The smallest absolute Gasteiger partial charge is 0.223 e. The van der Waals surface area contributed by atoms with Crippen LogP contribution in [0.15, 0.2) is 132 Å². The minimum atomic E-state index is -0.333. The van der Waals surface area contributed by atoms with Crippen LogP contribution in [0.25, 0.3) is 22.4 Å². The van der Waals surface area contributed by atoms with Crippen LogP contribution in [0.2, 0.25) is 0 Å². The molecule has 6 rings (SSSR count). The number of aromatic hydroxyl groups is 1. The van der Waals surface area contributed by atoms with Crippen LogP contribution in [-0.4, -0.2) is 49.8 Å². The van der Waals surface area contributed by atoms with Crippen LogP contribution in [0.1, 0.15) is 67.8 Å². The fourth-order valence-corrected chi connectivity index (χ4v) is 6.95. The first-order valence-electron chi connectivity index (χ1n) is 18.8. The van der Waals surface area contributed by atoms with Gasteiger partial charge in [-0.15, -0.1) is 5.10 Å². The summed E-state index contributed by atoms with van der Waals surface area (Å²) in [5.41, 5.74) is 10.1. The lowest BCUT2D eigenvalue weighted by molar-refractivity contribution is 0.162. The number of pyridine rings is 1. The lowest BCUT2D eigenvalue weighted by Crippen LogP contribution is -2.22. The molecule has 8 heteroatoms. The third-order valence-corrected chi connectivity index (χ3v) is 9.97. The molecule has 0 unspecified atom stereocenters. The number of aryl methyl sites for hydroxylation is 2. The first-order chi connectivity index (χ1) is 25.9. The van der Waals surface area contributed by atoms with E-state index in [0.29, 0.717) is 12.3 Å². The van der Waals surface area contributed by atoms with E-state index in [1.807, 2.05) is 15.4 Å². The summed E-state index contributed by atoms with van der Waals surface area (Å²) in [7, 11) is 2.13. The molecule has 0 aliphatic heterocycles. The van der Waals surface area contributed by atoms with Crippen LogP contribution in [0.3, 0.4) is 0 Å². The average Bonchev–Trinajstić information content (AvgIpc) is 3.67. The molecule has 2 heterocycles. The highest BCUT2D eigenvalue weighted by Gasteiger charge is 2.18. The zero-order valence-corrected chi connectivity index (χ0v) is 31.2. The standard InChI is InChI=1S/C45H51N5O3/c1-4-41(36-14-8-5-9-15-36)44(38-16-10-6-11-17-38)39-22-24-40(25-23-39)53-31-30-48(3)32-35-18-20-37(21-19-35)42-33-50(47-46-42)28-13-7-12-27-49-29-26-43(51)45(52)34(49)2/h5-6,8-11,14-22,24,26,29,33,52H,4,7,12-13,23,25,27-28,30-32H2,1-3H3/b44-41-. The second-order valence-corrected chi connectivity index (χ2v) is 13.8. The summed E-state index contributed by atoms with van der Waals surface area (Å²) in [6, 6.07) is 31.5. The van der Waals surface area contributed by atoms with Gasteiger partial charge in [-0.25, -0.2) is 0 Å². The third kappa shape index (κ3) is 9.90. The van der Waals surface area contributed by atoms with E-state index in [4.69, 9.17) is 4.74 Å². The van der Waals surface area contributed by atoms with Gasteiger partial charge in [0.05, 0.1) is 17.6 Å². The third-order valence-electron chi connectivity index (χ3n) is 9.97. The van der Waals surface area contributed by atoms with Crippen molar-refractivity contribution < 1.29 is 9.84 Å². The van der Waals surface area contributed by atoms with Crippen molar-refractivity contribution >= 4 is 11.1 Å².